The van der Waals surface area contributed by atoms with E-state index >= 15 is 0 Å². The molecule has 4 rings (SSSR count). The number of methoxy groups -OCH3 is 1. The van der Waals surface area contributed by atoms with E-state index in [1.165, 1.54) is 4.90 Å². The van der Waals surface area contributed by atoms with Gasteiger partial charge in [0.05, 0.1) is 13.7 Å². The molecular weight excluding hydrogens is 382 g/mol. The SMILES string of the molecule is COc1ccc(C(=O)N2CCC3(CC2)NC(=O)N(Cc2ccc(C)cc2)C3=O)cc1. The molecule has 0 atom stereocenters. The predicted molar refractivity (Wildman–Crippen MR) is 111 cm³/mol. The Morgan fingerprint density at radius 1 is 1.03 bits per heavy atom. The van der Waals surface area contributed by atoms with Crippen LogP contribution in [0.1, 0.15) is 34.3 Å². The number of piperidine rings is 1. The summed E-state index contributed by atoms with van der Waals surface area (Å²) in [6.45, 7) is 3.07. The van der Waals surface area contributed by atoms with Gasteiger partial charge in [0, 0.05) is 18.7 Å². The largest absolute Gasteiger partial charge is 0.497 e. The first kappa shape index (κ1) is 19.9. The predicted octanol–water partition coefficient (Wildman–Crippen LogP) is 2.73. The van der Waals surface area contributed by atoms with Crippen LogP contribution in [0.15, 0.2) is 48.5 Å². The average molecular weight is 407 g/mol. The maximum absolute atomic E-state index is 13.1. The Morgan fingerprint density at radius 3 is 2.27 bits per heavy atom. The Bertz CT molecular complexity index is 961. The number of benzene rings is 2. The molecule has 0 radical (unpaired) electrons. The van der Waals surface area contributed by atoms with Crippen LogP contribution in [-0.2, 0) is 11.3 Å². The Kier molecular flexibility index (Phi) is 5.20. The highest BCUT2D eigenvalue weighted by Crippen LogP contribution is 2.31. The number of imide groups is 1. The molecule has 2 aliphatic heterocycles. The smallest absolute Gasteiger partial charge is 0.325 e. The van der Waals surface area contributed by atoms with Gasteiger partial charge in [0.2, 0.25) is 0 Å². The molecule has 2 aromatic rings. The number of carbonyl (C=O) groups is 3. The topological polar surface area (TPSA) is 79.0 Å². The molecule has 0 saturated carbocycles. The van der Waals surface area contributed by atoms with Crippen molar-refractivity contribution in [1.29, 1.82) is 0 Å². The standard InChI is InChI=1S/C23H25N3O4/c1-16-3-5-17(6-4-16)15-26-21(28)23(24-22(26)29)11-13-25(14-12-23)20(27)18-7-9-19(30-2)10-8-18/h3-10H,11-15H2,1-2H3,(H,24,29). The lowest BCUT2D eigenvalue weighted by molar-refractivity contribution is -0.133. The molecule has 0 unspecified atom stereocenters. The van der Waals surface area contributed by atoms with E-state index in [-0.39, 0.29) is 24.4 Å². The van der Waals surface area contributed by atoms with Crippen molar-refractivity contribution in [3.05, 3.63) is 65.2 Å². The summed E-state index contributed by atoms with van der Waals surface area (Å²) in [5, 5.41) is 2.90. The first-order valence-electron chi connectivity index (χ1n) is 10.0. The molecule has 30 heavy (non-hydrogen) atoms. The van der Waals surface area contributed by atoms with Crippen LogP contribution in [0.25, 0.3) is 0 Å². The van der Waals surface area contributed by atoms with Crippen LogP contribution < -0.4 is 10.1 Å². The maximum atomic E-state index is 13.1. The summed E-state index contributed by atoms with van der Waals surface area (Å²) in [7, 11) is 1.58. The lowest BCUT2D eigenvalue weighted by Crippen LogP contribution is -2.55. The van der Waals surface area contributed by atoms with Crippen LogP contribution in [0.5, 0.6) is 5.75 Å². The van der Waals surface area contributed by atoms with Gasteiger partial charge in [-0.3, -0.25) is 14.5 Å². The molecule has 1 spiro atoms. The van der Waals surface area contributed by atoms with E-state index in [2.05, 4.69) is 5.32 Å². The molecule has 7 nitrogen and oxygen atoms in total. The number of nitrogens with zero attached hydrogens (tertiary/aromatic N) is 2. The van der Waals surface area contributed by atoms with E-state index in [0.29, 0.717) is 37.2 Å². The van der Waals surface area contributed by atoms with Gasteiger partial charge in [0.1, 0.15) is 11.3 Å². The van der Waals surface area contributed by atoms with E-state index in [1.807, 2.05) is 31.2 Å². The summed E-state index contributed by atoms with van der Waals surface area (Å²) >= 11 is 0. The summed E-state index contributed by atoms with van der Waals surface area (Å²) < 4.78 is 5.13. The molecular formula is C23H25N3O4. The van der Waals surface area contributed by atoms with Gasteiger partial charge in [-0.15, -0.1) is 0 Å². The van der Waals surface area contributed by atoms with Crippen molar-refractivity contribution in [3.63, 3.8) is 0 Å². The highest BCUT2D eigenvalue weighted by molar-refractivity contribution is 6.07. The summed E-state index contributed by atoms with van der Waals surface area (Å²) in [5.41, 5.74) is 1.70. The summed E-state index contributed by atoms with van der Waals surface area (Å²) in [5.74, 6) is 0.405. The fraction of sp³-hybridized carbons (Fsp3) is 0.348. The van der Waals surface area contributed by atoms with Crippen molar-refractivity contribution in [3.8, 4) is 5.75 Å². The van der Waals surface area contributed by atoms with Crippen LogP contribution in [0, 0.1) is 6.92 Å². The molecule has 0 aliphatic carbocycles. The van der Waals surface area contributed by atoms with E-state index < -0.39 is 5.54 Å². The fourth-order valence-electron chi connectivity index (χ4n) is 4.04. The monoisotopic (exact) mass is 407 g/mol. The Morgan fingerprint density at radius 2 is 1.67 bits per heavy atom. The van der Waals surface area contributed by atoms with Crippen LogP contribution in [0.4, 0.5) is 4.79 Å². The molecule has 0 bridgehead atoms. The van der Waals surface area contributed by atoms with Crippen molar-refractivity contribution < 1.29 is 19.1 Å². The quantitative estimate of drug-likeness (QED) is 0.791. The third-order valence-electron chi connectivity index (χ3n) is 5.95. The number of rotatable bonds is 4. The summed E-state index contributed by atoms with van der Waals surface area (Å²) in [6.07, 6.45) is 0.813. The fourth-order valence-corrected chi connectivity index (χ4v) is 4.04. The highest BCUT2D eigenvalue weighted by Gasteiger charge is 2.52. The molecule has 156 valence electrons. The number of hydrogen-bond acceptors (Lipinski definition) is 4. The number of ether oxygens (including phenoxy) is 1. The lowest BCUT2D eigenvalue weighted by Gasteiger charge is -2.37. The van der Waals surface area contributed by atoms with E-state index in [1.54, 1.807) is 36.3 Å². The van der Waals surface area contributed by atoms with Gasteiger partial charge in [-0.25, -0.2) is 4.79 Å². The number of aryl methyl sites for hydroxylation is 1. The second-order valence-corrected chi connectivity index (χ2v) is 7.91. The zero-order chi connectivity index (χ0) is 21.3. The zero-order valence-electron chi connectivity index (χ0n) is 17.2. The number of hydrogen-bond donors (Lipinski definition) is 1. The van der Waals surface area contributed by atoms with Crippen molar-refractivity contribution in [1.82, 2.24) is 15.1 Å². The molecule has 2 saturated heterocycles. The lowest BCUT2D eigenvalue weighted by atomic mass is 9.87. The van der Waals surface area contributed by atoms with Crippen LogP contribution in [-0.4, -0.2) is 53.4 Å². The normalized spacial score (nSPS) is 17.9. The summed E-state index contributed by atoms with van der Waals surface area (Å²) in [4.78, 5) is 41.4. The second-order valence-electron chi connectivity index (χ2n) is 7.91. The molecule has 2 aliphatic rings. The van der Waals surface area contributed by atoms with Gasteiger partial charge in [-0.2, -0.15) is 0 Å². The van der Waals surface area contributed by atoms with Crippen LogP contribution in [0.2, 0.25) is 0 Å². The van der Waals surface area contributed by atoms with Gasteiger partial charge >= 0.3 is 6.03 Å². The number of likely N-dealkylation sites (tertiary alicyclic amines) is 1. The third-order valence-corrected chi connectivity index (χ3v) is 5.95. The molecule has 2 aromatic carbocycles. The minimum atomic E-state index is -0.918. The van der Waals surface area contributed by atoms with Crippen molar-refractivity contribution in [2.75, 3.05) is 20.2 Å². The van der Waals surface area contributed by atoms with Gasteiger partial charge in [0.25, 0.3) is 11.8 Å². The van der Waals surface area contributed by atoms with Crippen molar-refractivity contribution in [2.24, 2.45) is 0 Å². The van der Waals surface area contributed by atoms with Gasteiger partial charge in [0.15, 0.2) is 0 Å². The zero-order valence-corrected chi connectivity index (χ0v) is 17.2. The molecule has 0 aromatic heterocycles. The number of nitrogens with one attached hydrogen (secondary N) is 1. The van der Waals surface area contributed by atoms with Gasteiger partial charge < -0.3 is 15.0 Å². The highest BCUT2D eigenvalue weighted by atomic mass is 16.5. The number of carbonyl (C=O) groups excluding carboxylic acids is 3. The van der Waals surface area contributed by atoms with Gasteiger partial charge in [-0.1, -0.05) is 29.8 Å². The van der Waals surface area contributed by atoms with Crippen molar-refractivity contribution in [2.45, 2.75) is 31.8 Å². The maximum Gasteiger partial charge on any atom is 0.325 e. The number of urea groups is 1. The van der Waals surface area contributed by atoms with E-state index in [0.717, 1.165) is 11.1 Å². The minimum absolute atomic E-state index is 0.0826. The van der Waals surface area contributed by atoms with Crippen LogP contribution in [0.3, 0.4) is 0 Å². The Hall–Kier alpha value is -3.35. The van der Waals surface area contributed by atoms with Gasteiger partial charge in [-0.05, 0) is 49.6 Å². The molecule has 7 heteroatoms. The average Bonchev–Trinajstić information content (AvgIpc) is 2.99. The second kappa shape index (κ2) is 7.82. The summed E-state index contributed by atoms with van der Waals surface area (Å²) in [6, 6.07) is 14.4. The van der Waals surface area contributed by atoms with E-state index in [9.17, 15) is 14.4 Å². The first-order valence-corrected chi connectivity index (χ1v) is 10.0. The molecule has 2 heterocycles. The molecule has 1 N–H and O–H groups in total. The number of amides is 4. The molecule has 2 fully saturated rings. The molecule has 4 amide bonds. The third kappa shape index (κ3) is 3.63. The Labute approximate surface area is 175 Å². The first-order chi connectivity index (χ1) is 14.4. The Balaban J connectivity index is 1.41. The van der Waals surface area contributed by atoms with Crippen LogP contribution >= 0.6 is 0 Å². The van der Waals surface area contributed by atoms with E-state index in [4.69, 9.17) is 4.74 Å². The minimum Gasteiger partial charge on any atom is -0.497 e. The van der Waals surface area contributed by atoms with Crippen molar-refractivity contribution >= 4 is 17.8 Å².